The molecule has 0 saturated heterocycles. The summed E-state index contributed by atoms with van der Waals surface area (Å²) in [6.07, 6.45) is 3.17. The minimum atomic E-state index is -0.508. The van der Waals surface area contributed by atoms with Crippen molar-refractivity contribution in [3.05, 3.63) is 0 Å². The van der Waals surface area contributed by atoms with Crippen LogP contribution in [0.5, 0.6) is 0 Å². The molecule has 0 aromatic heterocycles. The molecule has 0 bridgehead atoms. The van der Waals surface area contributed by atoms with Crippen molar-refractivity contribution in [2.45, 2.75) is 52.6 Å². The zero-order valence-electron chi connectivity index (χ0n) is 30.1. The number of carbonyl (C=O) groups is 1. The Labute approximate surface area is 284 Å². The lowest BCUT2D eigenvalue weighted by Gasteiger charge is -2.24. The number of likely N-dealkylation sites (N-methyl/N-ethyl adjacent to an activating group) is 1. The van der Waals surface area contributed by atoms with Crippen LogP contribution in [-0.4, -0.2) is 176 Å². The molecule has 47 heavy (non-hydrogen) atoms. The third-order valence-electron chi connectivity index (χ3n) is 5.89. The second-order valence-electron chi connectivity index (χ2n) is 11.3. The van der Waals surface area contributed by atoms with Gasteiger partial charge in [-0.25, -0.2) is 4.79 Å². The highest BCUT2D eigenvalue weighted by Crippen LogP contribution is 2.08. The third-order valence-corrected chi connectivity index (χ3v) is 5.89. The molecule has 14 heteroatoms. The summed E-state index contributed by atoms with van der Waals surface area (Å²) in [7, 11) is 1.68. The Hall–Kier alpha value is -1.17. The lowest BCUT2D eigenvalue weighted by Crippen LogP contribution is -2.36. The maximum Gasteiger partial charge on any atom is 0.410 e. The van der Waals surface area contributed by atoms with Gasteiger partial charge in [0.2, 0.25) is 0 Å². The Bertz CT molecular complexity index is 640. The number of nitrogens with zero attached hydrogens (tertiary/aromatic N) is 1. The molecule has 0 unspecified atom stereocenters. The number of amides is 1. The van der Waals surface area contributed by atoms with E-state index in [-0.39, 0.29) is 6.09 Å². The molecule has 0 aliphatic carbocycles. The standard InChI is InChI=1S/C33H67NO13/c1-6-7-8-10-36-12-14-38-16-18-40-20-22-42-24-26-44-28-30-46-31-29-45-27-25-43-23-21-41-19-17-39-15-13-37-11-9-34(5)32(35)47-33(2,3)4/h6-31H2,1-5H3. The highest BCUT2D eigenvalue weighted by atomic mass is 16.6. The molecular weight excluding hydrogens is 618 g/mol. The molecule has 0 aromatic carbocycles. The number of hydrogen-bond acceptors (Lipinski definition) is 13. The van der Waals surface area contributed by atoms with Gasteiger partial charge in [0.25, 0.3) is 0 Å². The molecule has 0 N–H and O–H groups in total. The first-order valence-corrected chi connectivity index (χ1v) is 17.2. The predicted molar refractivity (Wildman–Crippen MR) is 177 cm³/mol. The van der Waals surface area contributed by atoms with E-state index in [9.17, 15) is 4.79 Å². The first-order valence-electron chi connectivity index (χ1n) is 17.2. The summed E-state index contributed by atoms with van der Waals surface area (Å²) in [6.45, 7) is 19.7. The van der Waals surface area contributed by atoms with Gasteiger partial charge in [0.1, 0.15) is 5.60 Å². The van der Waals surface area contributed by atoms with Crippen LogP contribution in [0.2, 0.25) is 0 Å². The number of rotatable bonds is 37. The molecule has 0 aromatic rings. The summed E-state index contributed by atoms with van der Waals surface area (Å²) < 4.78 is 65.5. The van der Waals surface area contributed by atoms with Crippen LogP contribution >= 0.6 is 0 Å². The smallest absolute Gasteiger partial charge is 0.410 e. The van der Waals surface area contributed by atoms with E-state index in [1.165, 1.54) is 17.7 Å². The second kappa shape index (κ2) is 36.1. The van der Waals surface area contributed by atoms with Crippen molar-refractivity contribution in [1.82, 2.24) is 4.90 Å². The Kier molecular flexibility index (Phi) is 35.2. The molecule has 0 rings (SSSR count). The van der Waals surface area contributed by atoms with E-state index in [4.69, 9.17) is 56.8 Å². The van der Waals surface area contributed by atoms with Gasteiger partial charge in [-0.2, -0.15) is 0 Å². The summed E-state index contributed by atoms with van der Waals surface area (Å²) in [5.74, 6) is 0. The Balaban J connectivity index is 3.13. The largest absolute Gasteiger partial charge is 0.444 e. The van der Waals surface area contributed by atoms with E-state index in [0.717, 1.165) is 13.0 Å². The fraction of sp³-hybridized carbons (Fsp3) is 0.970. The topological polar surface area (TPSA) is 131 Å². The molecule has 0 aliphatic heterocycles. The summed E-state index contributed by atoms with van der Waals surface area (Å²) in [6, 6.07) is 0. The normalized spacial score (nSPS) is 11.8. The van der Waals surface area contributed by atoms with E-state index >= 15 is 0 Å². The average Bonchev–Trinajstić information content (AvgIpc) is 3.03. The minimum Gasteiger partial charge on any atom is -0.444 e. The maximum atomic E-state index is 11.9. The number of unbranched alkanes of at least 4 members (excludes halogenated alkanes) is 2. The van der Waals surface area contributed by atoms with Gasteiger partial charge in [0.05, 0.1) is 139 Å². The number of hydrogen-bond donors (Lipinski definition) is 0. The van der Waals surface area contributed by atoms with Gasteiger partial charge in [-0.05, 0) is 27.2 Å². The monoisotopic (exact) mass is 685 g/mol. The summed E-state index contributed by atoms with van der Waals surface area (Å²) in [5.41, 5.74) is -0.508. The summed E-state index contributed by atoms with van der Waals surface area (Å²) in [4.78, 5) is 13.3. The third kappa shape index (κ3) is 39.2. The van der Waals surface area contributed by atoms with Crippen LogP contribution in [0.1, 0.15) is 47.0 Å². The zero-order valence-corrected chi connectivity index (χ0v) is 30.1. The van der Waals surface area contributed by atoms with E-state index in [1.54, 1.807) is 7.05 Å². The predicted octanol–water partition coefficient (Wildman–Crippen LogP) is 3.23. The van der Waals surface area contributed by atoms with E-state index < -0.39 is 5.60 Å². The van der Waals surface area contributed by atoms with Gasteiger partial charge in [-0.15, -0.1) is 0 Å². The zero-order chi connectivity index (χ0) is 34.5. The molecule has 1 amide bonds. The van der Waals surface area contributed by atoms with Crippen molar-refractivity contribution < 1.29 is 61.6 Å². The molecule has 0 aliphatic rings. The van der Waals surface area contributed by atoms with Crippen LogP contribution < -0.4 is 0 Å². The van der Waals surface area contributed by atoms with Crippen LogP contribution in [0.4, 0.5) is 4.79 Å². The quantitative estimate of drug-likeness (QED) is 0.0888. The fourth-order valence-electron chi connectivity index (χ4n) is 3.39. The van der Waals surface area contributed by atoms with Gasteiger partial charge in [0.15, 0.2) is 0 Å². The molecular formula is C33H67NO13. The highest BCUT2D eigenvalue weighted by molar-refractivity contribution is 5.67. The summed E-state index contributed by atoms with van der Waals surface area (Å²) >= 11 is 0. The lowest BCUT2D eigenvalue weighted by atomic mass is 10.2. The van der Waals surface area contributed by atoms with E-state index in [2.05, 4.69) is 6.92 Å². The number of ether oxygens (including phenoxy) is 12. The minimum absolute atomic E-state index is 0.363. The van der Waals surface area contributed by atoms with Crippen LogP contribution in [0.25, 0.3) is 0 Å². The van der Waals surface area contributed by atoms with Crippen molar-refractivity contribution in [2.24, 2.45) is 0 Å². The van der Waals surface area contributed by atoms with Crippen LogP contribution in [0.15, 0.2) is 0 Å². The van der Waals surface area contributed by atoms with Gasteiger partial charge >= 0.3 is 6.09 Å². The van der Waals surface area contributed by atoms with Crippen LogP contribution in [0.3, 0.4) is 0 Å². The lowest BCUT2D eigenvalue weighted by molar-refractivity contribution is -0.0277. The van der Waals surface area contributed by atoms with E-state index in [1.807, 2.05) is 20.8 Å². The molecule has 0 atom stereocenters. The Morgan fingerprint density at radius 3 is 0.936 bits per heavy atom. The van der Waals surface area contributed by atoms with Crippen molar-refractivity contribution in [3.63, 3.8) is 0 Å². The van der Waals surface area contributed by atoms with Gasteiger partial charge in [0, 0.05) is 20.2 Å². The van der Waals surface area contributed by atoms with Crippen LogP contribution in [-0.2, 0) is 56.8 Å². The SMILES string of the molecule is CCCCCOCCOCCOCCOCCOCCOCCOCCOCCOCCOCCOCCN(C)C(=O)OC(C)(C)C. The van der Waals surface area contributed by atoms with E-state index in [0.29, 0.717) is 145 Å². The highest BCUT2D eigenvalue weighted by Gasteiger charge is 2.19. The molecule has 14 nitrogen and oxygen atoms in total. The first kappa shape index (κ1) is 45.8. The molecule has 0 heterocycles. The summed E-state index contributed by atoms with van der Waals surface area (Å²) in [5, 5.41) is 0. The Morgan fingerprint density at radius 1 is 0.426 bits per heavy atom. The van der Waals surface area contributed by atoms with Crippen molar-refractivity contribution >= 4 is 6.09 Å². The van der Waals surface area contributed by atoms with Crippen molar-refractivity contribution in [2.75, 3.05) is 159 Å². The molecule has 0 fully saturated rings. The average molecular weight is 686 g/mol. The molecule has 0 spiro atoms. The molecule has 282 valence electrons. The maximum absolute atomic E-state index is 11.9. The van der Waals surface area contributed by atoms with Crippen molar-refractivity contribution in [1.29, 1.82) is 0 Å². The number of carbonyl (C=O) groups excluding carboxylic acids is 1. The fourth-order valence-corrected chi connectivity index (χ4v) is 3.39. The van der Waals surface area contributed by atoms with Crippen LogP contribution in [0, 0.1) is 0 Å². The Morgan fingerprint density at radius 2 is 0.681 bits per heavy atom. The van der Waals surface area contributed by atoms with Crippen molar-refractivity contribution in [3.8, 4) is 0 Å². The first-order chi connectivity index (χ1) is 22.9. The van der Waals surface area contributed by atoms with Gasteiger partial charge in [-0.3, -0.25) is 0 Å². The second-order valence-corrected chi connectivity index (χ2v) is 11.3. The van der Waals surface area contributed by atoms with Gasteiger partial charge in [-0.1, -0.05) is 19.8 Å². The molecule has 0 radical (unpaired) electrons. The molecule has 0 saturated carbocycles. The van der Waals surface area contributed by atoms with Gasteiger partial charge < -0.3 is 61.7 Å².